The largest absolute Gasteiger partial charge is 0.444 e. The van der Waals surface area contributed by atoms with Crippen molar-refractivity contribution in [3.63, 3.8) is 0 Å². The van der Waals surface area contributed by atoms with Crippen molar-refractivity contribution in [2.45, 2.75) is 59.2 Å². The lowest BCUT2D eigenvalue weighted by Gasteiger charge is -2.30. The first-order chi connectivity index (χ1) is 7.67. The van der Waals surface area contributed by atoms with Gasteiger partial charge in [-0.05, 0) is 41.5 Å². The number of ether oxygens (including phenoxy) is 1. The molecule has 0 fully saturated rings. The Bertz CT molecular complexity index is 301. The van der Waals surface area contributed by atoms with E-state index in [9.17, 15) is 9.59 Å². The molecule has 5 heteroatoms. The molecule has 0 rings (SSSR count). The van der Waals surface area contributed by atoms with Crippen molar-refractivity contribution in [3.8, 4) is 0 Å². The van der Waals surface area contributed by atoms with Gasteiger partial charge in [-0.2, -0.15) is 0 Å². The van der Waals surface area contributed by atoms with Gasteiger partial charge in [0.25, 0.3) is 0 Å². The second kappa shape index (κ2) is 6.40. The summed E-state index contributed by atoms with van der Waals surface area (Å²) in [6, 6.07) is -0.281. The average Bonchev–Trinajstić information content (AvgIpc) is 2.11. The highest BCUT2D eigenvalue weighted by molar-refractivity contribution is 5.68. The van der Waals surface area contributed by atoms with Gasteiger partial charge in [0.2, 0.25) is 6.08 Å². The van der Waals surface area contributed by atoms with E-state index in [0.717, 1.165) is 0 Å². The Kier molecular flexibility index (Phi) is 5.89. The van der Waals surface area contributed by atoms with Crippen LogP contribution in [0.4, 0.5) is 4.79 Å². The van der Waals surface area contributed by atoms with Crippen molar-refractivity contribution in [1.82, 2.24) is 4.90 Å². The monoisotopic (exact) mass is 242 g/mol. The lowest BCUT2D eigenvalue weighted by atomic mass is 10.2. The number of nitrogens with zero attached hydrogens (tertiary/aromatic N) is 2. The molecule has 0 heterocycles. The van der Waals surface area contributed by atoms with Crippen LogP contribution in [-0.4, -0.2) is 41.3 Å². The van der Waals surface area contributed by atoms with Crippen LogP contribution in [0, 0.1) is 0 Å². The Labute approximate surface area is 103 Å². The molecule has 1 amide bonds. The maximum Gasteiger partial charge on any atom is 0.410 e. The van der Waals surface area contributed by atoms with Crippen molar-refractivity contribution in [2.24, 2.45) is 4.99 Å². The van der Waals surface area contributed by atoms with Gasteiger partial charge in [-0.1, -0.05) is 0 Å². The van der Waals surface area contributed by atoms with Gasteiger partial charge in [-0.25, -0.2) is 14.6 Å². The zero-order valence-corrected chi connectivity index (χ0v) is 11.5. The molecule has 0 aromatic rings. The molecular weight excluding hydrogens is 220 g/mol. The summed E-state index contributed by atoms with van der Waals surface area (Å²) in [4.78, 5) is 27.2. The van der Waals surface area contributed by atoms with Gasteiger partial charge in [-0.3, -0.25) is 0 Å². The summed E-state index contributed by atoms with van der Waals surface area (Å²) in [6.45, 7) is 11.3. The molecule has 98 valence electrons. The van der Waals surface area contributed by atoms with E-state index in [1.807, 2.05) is 34.6 Å². The summed E-state index contributed by atoms with van der Waals surface area (Å²) in [5.41, 5.74) is -0.526. The minimum Gasteiger partial charge on any atom is -0.444 e. The van der Waals surface area contributed by atoms with Crippen molar-refractivity contribution in [2.75, 3.05) is 6.54 Å². The van der Waals surface area contributed by atoms with Gasteiger partial charge in [0, 0.05) is 12.6 Å². The van der Waals surface area contributed by atoms with Crippen LogP contribution in [0.1, 0.15) is 41.5 Å². The third kappa shape index (κ3) is 6.74. The number of carbonyl (C=O) groups is 1. The lowest BCUT2D eigenvalue weighted by molar-refractivity contribution is 0.0182. The number of rotatable bonds is 4. The second-order valence-corrected chi connectivity index (χ2v) is 5.30. The summed E-state index contributed by atoms with van der Waals surface area (Å²) in [5, 5.41) is 0. The van der Waals surface area contributed by atoms with Crippen LogP contribution >= 0.6 is 0 Å². The maximum absolute atomic E-state index is 11.9. The SMILES string of the molecule is CC(CN(C(=O)OC(C)(C)C)C(C)C)N=C=O. The zero-order valence-electron chi connectivity index (χ0n) is 11.5. The maximum atomic E-state index is 11.9. The topological polar surface area (TPSA) is 59.0 Å². The first kappa shape index (κ1) is 15.7. The first-order valence-electron chi connectivity index (χ1n) is 5.74. The number of isocyanates is 1. The highest BCUT2D eigenvalue weighted by Crippen LogP contribution is 2.12. The second-order valence-electron chi connectivity index (χ2n) is 5.30. The Morgan fingerprint density at radius 2 is 1.88 bits per heavy atom. The molecule has 0 aliphatic carbocycles. The minimum atomic E-state index is -0.526. The average molecular weight is 242 g/mol. The van der Waals surface area contributed by atoms with Gasteiger partial charge in [0.1, 0.15) is 5.60 Å². The Morgan fingerprint density at radius 3 is 2.24 bits per heavy atom. The molecule has 0 radical (unpaired) electrons. The predicted octanol–water partition coefficient (Wildman–Crippen LogP) is 2.36. The van der Waals surface area contributed by atoms with Gasteiger partial charge >= 0.3 is 6.09 Å². The van der Waals surface area contributed by atoms with E-state index < -0.39 is 5.60 Å². The van der Waals surface area contributed by atoms with E-state index in [1.54, 1.807) is 11.8 Å². The molecule has 0 aromatic carbocycles. The van der Waals surface area contributed by atoms with Crippen LogP contribution in [-0.2, 0) is 9.53 Å². The molecule has 17 heavy (non-hydrogen) atoms. The van der Waals surface area contributed by atoms with Crippen molar-refractivity contribution < 1.29 is 14.3 Å². The molecule has 1 unspecified atom stereocenters. The summed E-state index contributed by atoms with van der Waals surface area (Å²) < 4.78 is 5.29. The fourth-order valence-corrected chi connectivity index (χ4v) is 1.23. The molecule has 0 spiro atoms. The van der Waals surface area contributed by atoms with Crippen molar-refractivity contribution in [1.29, 1.82) is 0 Å². The van der Waals surface area contributed by atoms with Crippen molar-refractivity contribution >= 4 is 12.2 Å². The number of carbonyl (C=O) groups excluding carboxylic acids is 2. The van der Waals surface area contributed by atoms with Crippen LogP contribution in [0.2, 0.25) is 0 Å². The Morgan fingerprint density at radius 1 is 1.35 bits per heavy atom. The van der Waals surface area contributed by atoms with Gasteiger partial charge in [0.15, 0.2) is 0 Å². The van der Waals surface area contributed by atoms with Crippen LogP contribution in [0.15, 0.2) is 4.99 Å². The minimum absolute atomic E-state index is 0.00541. The molecule has 0 saturated carbocycles. The van der Waals surface area contributed by atoms with E-state index in [4.69, 9.17) is 4.74 Å². The standard InChI is InChI=1S/C12H22N2O3/c1-9(2)14(7-10(3)13-8-15)11(16)17-12(4,5)6/h9-10H,7H2,1-6H3. The van der Waals surface area contributed by atoms with Gasteiger partial charge < -0.3 is 9.64 Å². The normalized spacial score (nSPS) is 12.9. The number of amides is 1. The molecule has 0 aliphatic heterocycles. The van der Waals surface area contributed by atoms with Crippen molar-refractivity contribution in [3.05, 3.63) is 0 Å². The molecule has 0 aromatic heterocycles. The smallest absolute Gasteiger partial charge is 0.410 e. The third-order valence-corrected chi connectivity index (χ3v) is 1.99. The van der Waals surface area contributed by atoms with E-state index in [0.29, 0.717) is 6.54 Å². The first-order valence-corrected chi connectivity index (χ1v) is 5.74. The molecule has 0 saturated heterocycles. The molecule has 1 atom stereocenters. The lowest BCUT2D eigenvalue weighted by Crippen LogP contribution is -2.43. The quantitative estimate of drug-likeness (QED) is 0.561. The van der Waals surface area contributed by atoms with Gasteiger partial charge in [-0.15, -0.1) is 0 Å². The third-order valence-electron chi connectivity index (χ3n) is 1.99. The van der Waals surface area contributed by atoms with E-state index in [1.165, 1.54) is 6.08 Å². The van der Waals surface area contributed by atoms with Crippen LogP contribution in [0.3, 0.4) is 0 Å². The molecule has 0 aliphatic rings. The molecule has 0 N–H and O–H groups in total. The fraction of sp³-hybridized carbons (Fsp3) is 0.833. The number of aliphatic imine (C=N–C) groups is 1. The molecular formula is C12H22N2O3. The highest BCUT2D eigenvalue weighted by Gasteiger charge is 2.25. The van der Waals surface area contributed by atoms with Crippen LogP contribution < -0.4 is 0 Å². The van der Waals surface area contributed by atoms with E-state index in [-0.39, 0.29) is 18.2 Å². The fourth-order valence-electron chi connectivity index (χ4n) is 1.23. The summed E-state index contributed by atoms with van der Waals surface area (Å²) in [6.07, 6.45) is 1.11. The Hall–Kier alpha value is -1.35. The predicted molar refractivity (Wildman–Crippen MR) is 65.7 cm³/mol. The Balaban J connectivity index is 4.63. The van der Waals surface area contributed by atoms with Crippen LogP contribution in [0.5, 0.6) is 0 Å². The molecule has 0 bridgehead atoms. The van der Waals surface area contributed by atoms with E-state index in [2.05, 4.69) is 4.99 Å². The van der Waals surface area contributed by atoms with Crippen LogP contribution in [0.25, 0.3) is 0 Å². The van der Waals surface area contributed by atoms with E-state index >= 15 is 0 Å². The number of hydrogen-bond acceptors (Lipinski definition) is 4. The number of hydrogen-bond donors (Lipinski definition) is 0. The highest BCUT2D eigenvalue weighted by atomic mass is 16.6. The summed E-state index contributed by atoms with van der Waals surface area (Å²) in [7, 11) is 0. The summed E-state index contributed by atoms with van der Waals surface area (Å²) >= 11 is 0. The van der Waals surface area contributed by atoms with Gasteiger partial charge in [0.05, 0.1) is 6.04 Å². The zero-order chi connectivity index (χ0) is 13.6. The molecule has 5 nitrogen and oxygen atoms in total. The summed E-state index contributed by atoms with van der Waals surface area (Å²) in [5.74, 6) is 0.